The lowest BCUT2D eigenvalue weighted by Gasteiger charge is -2.32. The first-order valence-electron chi connectivity index (χ1n) is 9.25. The molecule has 10 nitrogen and oxygen atoms in total. The molecule has 0 unspecified atom stereocenters. The van der Waals surface area contributed by atoms with Gasteiger partial charge in [-0.3, -0.25) is 9.78 Å². The number of carbonyl (C=O) groups is 1. The lowest BCUT2D eigenvalue weighted by atomic mass is 10.0. The van der Waals surface area contributed by atoms with Gasteiger partial charge in [-0.15, -0.1) is 0 Å². The van der Waals surface area contributed by atoms with Gasteiger partial charge in [0.1, 0.15) is 11.8 Å². The fourth-order valence-corrected chi connectivity index (χ4v) is 3.52. The maximum absolute atomic E-state index is 12.7. The number of nitriles is 1. The molecule has 1 aliphatic rings. The van der Waals surface area contributed by atoms with Crippen LogP contribution in [0.3, 0.4) is 0 Å². The molecule has 1 amide bonds. The number of nitrogens with zero attached hydrogens (tertiary/aromatic N) is 7. The summed E-state index contributed by atoms with van der Waals surface area (Å²) < 4.78 is 6.85. The molecule has 3 heterocycles. The van der Waals surface area contributed by atoms with Crippen LogP contribution in [-0.2, 0) is 7.05 Å². The second-order valence-corrected chi connectivity index (χ2v) is 6.92. The summed E-state index contributed by atoms with van der Waals surface area (Å²) in [5, 5.41) is 24.6. The lowest BCUT2D eigenvalue weighted by molar-refractivity contribution is 0.0931. The highest BCUT2D eigenvalue weighted by Gasteiger charge is 2.24. The zero-order chi connectivity index (χ0) is 20.4. The van der Waals surface area contributed by atoms with E-state index in [2.05, 4.69) is 36.8 Å². The second kappa shape index (κ2) is 7.71. The van der Waals surface area contributed by atoms with Crippen molar-refractivity contribution in [3.8, 4) is 11.8 Å². The van der Waals surface area contributed by atoms with Crippen LogP contribution < -0.4 is 15.0 Å². The average molecular weight is 392 g/mol. The molecule has 29 heavy (non-hydrogen) atoms. The summed E-state index contributed by atoms with van der Waals surface area (Å²) in [4.78, 5) is 19.2. The van der Waals surface area contributed by atoms with Crippen LogP contribution in [0.4, 0.5) is 5.95 Å². The minimum Gasteiger partial charge on any atom is -0.495 e. The topological polar surface area (TPSA) is 122 Å². The standard InChI is InChI=1S/C19H20N8O2/c1-26-19(23-24-25-26)27-5-3-15(4-6-27)22-18(28)14-8-12-7-13(10-20)17(29-2)9-16(12)21-11-14/h7-9,11,15H,3-6H2,1-2H3,(H,22,28). The molecule has 2 aromatic heterocycles. The van der Waals surface area contributed by atoms with E-state index in [1.165, 1.54) is 7.11 Å². The number of methoxy groups -OCH3 is 1. The van der Waals surface area contributed by atoms with Crippen LogP contribution in [-0.4, -0.2) is 57.3 Å². The third kappa shape index (κ3) is 3.67. The first kappa shape index (κ1) is 18.6. The van der Waals surface area contributed by atoms with Crippen LogP contribution in [0, 0.1) is 11.3 Å². The van der Waals surface area contributed by atoms with E-state index in [-0.39, 0.29) is 11.9 Å². The zero-order valence-electron chi connectivity index (χ0n) is 16.2. The Kier molecular flexibility index (Phi) is 4.95. The number of nitrogens with one attached hydrogen (secondary N) is 1. The van der Waals surface area contributed by atoms with Crippen LogP contribution in [0.2, 0.25) is 0 Å². The number of rotatable bonds is 4. The lowest BCUT2D eigenvalue weighted by Crippen LogP contribution is -2.45. The van der Waals surface area contributed by atoms with E-state index in [1.807, 2.05) is 7.05 Å². The fraction of sp³-hybridized carbons (Fsp3) is 0.368. The van der Waals surface area contributed by atoms with Gasteiger partial charge in [-0.2, -0.15) is 5.26 Å². The molecule has 0 bridgehead atoms. The Bertz CT molecular complexity index is 1100. The van der Waals surface area contributed by atoms with Crippen molar-refractivity contribution < 1.29 is 9.53 Å². The molecule has 0 spiro atoms. The van der Waals surface area contributed by atoms with Crippen molar-refractivity contribution in [2.75, 3.05) is 25.1 Å². The summed E-state index contributed by atoms with van der Waals surface area (Å²) in [6.45, 7) is 1.53. The highest BCUT2D eigenvalue weighted by atomic mass is 16.5. The maximum atomic E-state index is 12.7. The van der Waals surface area contributed by atoms with Gasteiger partial charge in [0, 0.05) is 43.8 Å². The number of carbonyl (C=O) groups excluding carboxylic acids is 1. The summed E-state index contributed by atoms with van der Waals surface area (Å²) in [5.41, 5.74) is 1.54. The Morgan fingerprint density at radius 1 is 1.31 bits per heavy atom. The predicted molar refractivity (Wildman–Crippen MR) is 105 cm³/mol. The van der Waals surface area contributed by atoms with E-state index >= 15 is 0 Å². The number of fused-ring (bicyclic) bond motifs is 1. The van der Waals surface area contributed by atoms with Gasteiger partial charge in [0.15, 0.2) is 0 Å². The average Bonchev–Trinajstić information content (AvgIpc) is 3.18. The summed E-state index contributed by atoms with van der Waals surface area (Å²) in [5.74, 6) is 1.03. The Morgan fingerprint density at radius 2 is 2.10 bits per heavy atom. The number of ether oxygens (including phenoxy) is 1. The van der Waals surface area contributed by atoms with Crippen LogP contribution >= 0.6 is 0 Å². The number of piperidine rings is 1. The molecule has 0 saturated carbocycles. The van der Waals surface area contributed by atoms with Gasteiger partial charge in [0.2, 0.25) is 5.95 Å². The minimum atomic E-state index is -0.174. The van der Waals surface area contributed by atoms with Gasteiger partial charge in [0.05, 0.1) is 23.8 Å². The Balaban J connectivity index is 1.44. The summed E-state index contributed by atoms with van der Waals surface area (Å²) in [7, 11) is 3.32. The number of aromatic nitrogens is 5. The van der Waals surface area contributed by atoms with Crippen molar-refractivity contribution >= 4 is 22.8 Å². The smallest absolute Gasteiger partial charge is 0.253 e. The van der Waals surface area contributed by atoms with Crippen molar-refractivity contribution in [2.45, 2.75) is 18.9 Å². The SMILES string of the molecule is COc1cc2ncc(C(=O)NC3CCN(c4nnnn4C)CC3)cc2cc1C#N. The number of amides is 1. The highest BCUT2D eigenvalue weighted by Crippen LogP contribution is 2.25. The third-order valence-corrected chi connectivity index (χ3v) is 5.10. The van der Waals surface area contributed by atoms with E-state index in [4.69, 9.17) is 4.74 Å². The molecule has 4 rings (SSSR count). The molecule has 0 atom stereocenters. The van der Waals surface area contributed by atoms with Gasteiger partial charge in [-0.1, -0.05) is 5.10 Å². The van der Waals surface area contributed by atoms with Crippen LogP contribution in [0.25, 0.3) is 10.9 Å². The van der Waals surface area contributed by atoms with Gasteiger partial charge >= 0.3 is 0 Å². The zero-order valence-corrected chi connectivity index (χ0v) is 16.2. The molecular weight excluding hydrogens is 372 g/mol. The van der Waals surface area contributed by atoms with E-state index in [9.17, 15) is 10.1 Å². The first-order chi connectivity index (χ1) is 14.1. The number of tetrazole rings is 1. The number of benzene rings is 1. The molecule has 1 saturated heterocycles. The molecule has 148 valence electrons. The van der Waals surface area contributed by atoms with Crippen molar-refractivity contribution in [2.24, 2.45) is 7.05 Å². The van der Waals surface area contributed by atoms with E-state index in [0.717, 1.165) is 37.3 Å². The summed E-state index contributed by atoms with van der Waals surface area (Å²) >= 11 is 0. The number of hydrogen-bond acceptors (Lipinski definition) is 8. The molecule has 10 heteroatoms. The normalized spacial score (nSPS) is 14.6. The molecule has 3 aromatic rings. The van der Waals surface area contributed by atoms with Crippen LogP contribution in [0.15, 0.2) is 24.4 Å². The van der Waals surface area contributed by atoms with Gasteiger partial charge < -0.3 is 15.0 Å². The van der Waals surface area contributed by atoms with Gasteiger partial charge in [0.25, 0.3) is 5.91 Å². The number of hydrogen-bond donors (Lipinski definition) is 1. The second-order valence-electron chi connectivity index (χ2n) is 6.92. The van der Waals surface area contributed by atoms with E-state index in [0.29, 0.717) is 22.4 Å². The van der Waals surface area contributed by atoms with Crippen LogP contribution in [0.5, 0.6) is 5.75 Å². The summed E-state index contributed by atoms with van der Waals surface area (Å²) in [6, 6.07) is 7.30. The number of pyridine rings is 1. The predicted octanol–water partition coefficient (Wildman–Crippen LogP) is 1.04. The van der Waals surface area contributed by atoms with Crippen LogP contribution in [0.1, 0.15) is 28.8 Å². The third-order valence-electron chi connectivity index (χ3n) is 5.10. The molecular formula is C19H20N8O2. The number of anilines is 1. The summed E-state index contributed by atoms with van der Waals surface area (Å²) in [6.07, 6.45) is 3.15. The Hall–Kier alpha value is -3.74. The molecule has 1 fully saturated rings. The maximum Gasteiger partial charge on any atom is 0.253 e. The van der Waals surface area contributed by atoms with Crippen molar-refractivity contribution in [3.05, 3.63) is 35.5 Å². The fourth-order valence-electron chi connectivity index (χ4n) is 3.52. The highest BCUT2D eigenvalue weighted by molar-refractivity contribution is 5.97. The largest absolute Gasteiger partial charge is 0.495 e. The monoisotopic (exact) mass is 392 g/mol. The molecule has 1 aromatic carbocycles. The van der Waals surface area contributed by atoms with Crippen molar-refractivity contribution in [1.82, 2.24) is 30.5 Å². The molecule has 1 N–H and O–H groups in total. The Labute approximate surface area is 167 Å². The molecule has 0 radical (unpaired) electrons. The molecule has 1 aliphatic heterocycles. The van der Waals surface area contributed by atoms with Gasteiger partial charge in [-0.25, -0.2) is 4.68 Å². The van der Waals surface area contributed by atoms with Crippen molar-refractivity contribution in [1.29, 1.82) is 5.26 Å². The number of aryl methyl sites for hydroxylation is 1. The van der Waals surface area contributed by atoms with Crippen molar-refractivity contribution in [3.63, 3.8) is 0 Å². The minimum absolute atomic E-state index is 0.0705. The first-order valence-corrected chi connectivity index (χ1v) is 9.25. The van der Waals surface area contributed by atoms with E-state index < -0.39 is 0 Å². The quantitative estimate of drug-likeness (QED) is 0.699. The van der Waals surface area contributed by atoms with E-state index in [1.54, 1.807) is 29.1 Å². The van der Waals surface area contributed by atoms with Gasteiger partial charge in [-0.05, 0) is 35.4 Å². The molecule has 0 aliphatic carbocycles. The Morgan fingerprint density at radius 3 is 2.76 bits per heavy atom.